The van der Waals surface area contributed by atoms with Gasteiger partial charge in [-0.15, -0.1) is 0 Å². The fourth-order valence-corrected chi connectivity index (χ4v) is 4.40. The van der Waals surface area contributed by atoms with Crippen LogP contribution in [0.4, 0.5) is 0 Å². The second-order valence-corrected chi connectivity index (χ2v) is 8.51. The van der Waals surface area contributed by atoms with Crippen molar-refractivity contribution in [3.8, 4) is 0 Å². The number of halogens is 1. The Morgan fingerprint density at radius 2 is 2.15 bits per heavy atom. The molecule has 1 amide bonds. The van der Waals surface area contributed by atoms with Crippen molar-refractivity contribution in [2.45, 2.75) is 68.9 Å². The van der Waals surface area contributed by atoms with Gasteiger partial charge in [-0.3, -0.25) is 14.2 Å². The molecule has 1 atom stereocenters. The molecule has 1 heterocycles. The Morgan fingerprint density at radius 1 is 1.42 bits per heavy atom. The quantitative estimate of drug-likeness (QED) is 0.595. The molecule has 1 saturated carbocycles. The second kappa shape index (κ2) is 8.44. The lowest BCUT2D eigenvalue weighted by atomic mass is 10.2. The van der Waals surface area contributed by atoms with E-state index < -0.39 is 0 Å². The monoisotopic (exact) mass is 393 g/mol. The van der Waals surface area contributed by atoms with Crippen molar-refractivity contribution in [3.05, 3.63) is 33.6 Å². The van der Waals surface area contributed by atoms with Gasteiger partial charge < -0.3 is 5.32 Å². The zero-order valence-corrected chi connectivity index (χ0v) is 16.7. The molecule has 0 aliphatic heterocycles. The van der Waals surface area contributed by atoms with Gasteiger partial charge in [0.2, 0.25) is 5.91 Å². The van der Waals surface area contributed by atoms with Crippen LogP contribution in [0.1, 0.15) is 46.0 Å². The Morgan fingerprint density at radius 3 is 2.85 bits per heavy atom. The van der Waals surface area contributed by atoms with E-state index in [0.29, 0.717) is 27.6 Å². The molecule has 0 spiro atoms. The summed E-state index contributed by atoms with van der Waals surface area (Å²) < 4.78 is 1.67. The van der Waals surface area contributed by atoms with Crippen molar-refractivity contribution in [1.82, 2.24) is 14.9 Å². The molecule has 26 heavy (non-hydrogen) atoms. The number of aromatic nitrogens is 2. The van der Waals surface area contributed by atoms with Crippen LogP contribution in [0.5, 0.6) is 0 Å². The average molecular weight is 394 g/mol. The summed E-state index contributed by atoms with van der Waals surface area (Å²) in [6.07, 6.45) is 5.27. The Bertz CT molecular complexity index is 862. The minimum Gasteiger partial charge on any atom is -0.352 e. The molecule has 1 aromatic heterocycles. The smallest absolute Gasteiger partial charge is 0.262 e. The third-order valence-electron chi connectivity index (χ3n) is 4.68. The van der Waals surface area contributed by atoms with Gasteiger partial charge in [0.1, 0.15) is 0 Å². The van der Waals surface area contributed by atoms with Gasteiger partial charge in [-0.05, 0) is 44.4 Å². The van der Waals surface area contributed by atoms with Crippen LogP contribution in [0.25, 0.3) is 10.9 Å². The van der Waals surface area contributed by atoms with Crippen LogP contribution in [0.3, 0.4) is 0 Å². The van der Waals surface area contributed by atoms with Crippen LogP contribution in [-0.2, 0) is 11.3 Å². The van der Waals surface area contributed by atoms with E-state index in [9.17, 15) is 9.59 Å². The van der Waals surface area contributed by atoms with Gasteiger partial charge in [0.25, 0.3) is 5.56 Å². The van der Waals surface area contributed by atoms with E-state index in [1.165, 1.54) is 24.6 Å². The van der Waals surface area contributed by atoms with Gasteiger partial charge in [0.15, 0.2) is 5.16 Å². The molecule has 1 aliphatic carbocycles. The van der Waals surface area contributed by atoms with Crippen LogP contribution in [0.15, 0.2) is 28.2 Å². The molecule has 0 bridgehead atoms. The first kappa shape index (κ1) is 19.2. The number of hydrogen-bond acceptors (Lipinski definition) is 4. The molecular weight excluding hydrogens is 370 g/mol. The molecule has 1 aliphatic rings. The van der Waals surface area contributed by atoms with Gasteiger partial charge in [-0.25, -0.2) is 4.98 Å². The number of rotatable bonds is 6. The lowest BCUT2D eigenvalue weighted by Crippen LogP contribution is -2.38. The number of carbonyl (C=O) groups is 1. The molecule has 7 heteroatoms. The lowest BCUT2D eigenvalue weighted by molar-refractivity contribution is -0.120. The first-order valence-corrected chi connectivity index (χ1v) is 10.4. The van der Waals surface area contributed by atoms with E-state index >= 15 is 0 Å². The standard InChI is InChI=1S/C19H24ClN3O2S/c1-3-10-23-18(25)15-9-8-13(20)11-16(15)22-19(23)26-12(2)17(24)21-14-6-4-5-7-14/h8-9,11-12,14H,3-7,10H2,1-2H3,(H,21,24)/t12-/m1/s1. The van der Waals surface area contributed by atoms with E-state index in [-0.39, 0.29) is 22.8 Å². The zero-order valence-electron chi connectivity index (χ0n) is 15.1. The van der Waals surface area contributed by atoms with Crippen LogP contribution < -0.4 is 10.9 Å². The first-order chi connectivity index (χ1) is 12.5. The maximum absolute atomic E-state index is 12.8. The van der Waals surface area contributed by atoms with E-state index in [1.54, 1.807) is 22.8 Å². The maximum atomic E-state index is 12.8. The highest BCUT2D eigenvalue weighted by atomic mass is 35.5. The Kier molecular flexibility index (Phi) is 6.24. The summed E-state index contributed by atoms with van der Waals surface area (Å²) in [4.78, 5) is 30.0. The van der Waals surface area contributed by atoms with E-state index in [0.717, 1.165) is 19.3 Å². The fraction of sp³-hybridized carbons (Fsp3) is 0.526. The van der Waals surface area contributed by atoms with E-state index in [1.807, 2.05) is 13.8 Å². The van der Waals surface area contributed by atoms with Gasteiger partial charge >= 0.3 is 0 Å². The largest absolute Gasteiger partial charge is 0.352 e. The molecule has 1 N–H and O–H groups in total. The van der Waals surface area contributed by atoms with Gasteiger partial charge in [-0.1, -0.05) is 43.1 Å². The highest BCUT2D eigenvalue weighted by Gasteiger charge is 2.23. The number of nitrogens with zero attached hydrogens (tertiary/aromatic N) is 2. The number of hydrogen-bond donors (Lipinski definition) is 1. The first-order valence-electron chi connectivity index (χ1n) is 9.16. The average Bonchev–Trinajstić information content (AvgIpc) is 3.11. The topological polar surface area (TPSA) is 64.0 Å². The molecular formula is C19H24ClN3O2S. The molecule has 140 valence electrons. The summed E-state index contributed by atoms with van der Waals surface area (Å²) in [5, 5.41) is 4.46. The van der Waals surface area contributed by atoms with Crippen molar-refractivity contribution in [1.29, 1.82) is 0 Å². The molecule has 2 aromatic rings. The summed E-state index contributed by atoms with van der Waals surface area (Å²) in [5.41, 5.74) is 0.486. The third-order valence-corrected chi connectivity index (χ3v) is 6.01. The predicted molar refractivity (Wildman–Crippen MR) is 107 cm³/mol. The number of nitrogens with one attached hydrogen (secondary N) is 1. The number of fused-ring (bicyclic) bond motifs is 1. The van der Waals surface area contributed by atoms with Crippen molar-refractivity contribution in [3.63, 3.8) is 0 Å². The van der Waals surface area contributed by atoms with Crippen molar-refractivity contribution >= 4 is 40.2 Å². The summed E-state index contributed by atoms with van der Waals surface area (Å²) in [7, 11) is 0. The number of thioether (sulfide) groups is 1. The minimum atomic E-state index is -0.317. The third kappa shape index (κ3) is 4.23. The van der Waals surface area contributed by atoms with Crippen molar-refractivity contribution < 1.29 is 4.79 Å². The van der Waals surface area contributed by atoms with Gasteiger partial charge in [-0.2, -0.15) is 0 Å². The van der Waals surface area contributed by atoms with Crippen molar-refractivity contribution in [2.75, 3.05) is 0 Å². The van der Waals surface area contributed by atoms with Crippen LogP contribution >= 0.6 is 23.4 Å². The summed E-state index contributed by atoms with van der Waals surface area (Å²) in [5.74, 6) is 0.00499. The lowest BCUT2D eigenvalue weighted by Gasteiger charge is -2.18. The number of amides is 1. The highest BCUT2D eigenvalue weighted by molar-refractivity contribution is 8.00. The Labute approximate surface area is 162 Å². The van der Waals surface area contributed by atoms with Crippen LogP contribution in [0.2, 0.25) is 5.02 Å². The van der Waals surface area contributed by atoms with Crippen LogP contribution in [-0.4, -0.2) is 26.8 Å². The summed E-state index contributed by atoms with van der Waals surface area (Å²) in [6.45, 7) is 4.45. The Hall–Kier alpha value is -1.53. The number of benzene rings is 1. The number of carbonyl (C=O) groups excluding carboxylic acids is 1. The molecule has 5 nitrogen and oxygen atoms in total. The predicted octanol–water partition coefficient (Wildman–Crippen LogP) is 4.00. The normalized spacial score (nSPS) is 16.1. The Balaban J connectivity index is 1.88. The molecule has 1 fully saturated rings. The molecule has 0 radical (unpaired) electrons. The second-order valence-electron chi connectivity index (χ2n) is 6.76. The van der Waals surface area contributed by atoms with Gasteiger partial charge in [0.05, 0.1) is 16.2 Å². The molecule has 3 rings (SSSR count). The SMILES string of the molecule is CCCn1c(S[C@H](C)C(=O)NC2CCCC2)nc2cc(Cl)ccc2c1=O. The molecule has 0 saturated heterocycles. The van der Waals surface area contributed by atoms with Crippen LogP contribution in [0, 0.1) is 0 Å². The maximum Gasteiger partial charge on any atom is 0.262 e. The fourth-order valence-electron chi connectivity index (χ4n) is 3.28. The highest BCUT2D eigenvalue weighted by Crippen LogP contribution is 2.25. The molecule has 0 unspecified atom stereocenters. The summed E-state index contributed by atoms with van der Waals surface area (Å²) in [6, 6.07) is 5.39. The minimum absolute atomic E-state index is 0.00499. The summed E-state index contributed by atoms with van der Waals surface area (Å²) >= 11 is 7.39. The van der Waals surface area contributed by atoms with Gasteiger partial charge in [0, 0.05) is 17.6 Å². The van der Waals surface area contributed by atoms with Crippen molar-refractivity contribution in [2.24, 2.45) is 0 Å². The zero-order chi connectivity index (χ0) is 18.7. The molecule has 1 aromatic carbocycles. The van der Waals surface area contributed by atoms with E-state index in [4.69, 9.17) is 11.6 Å². The van der Waals surface area contributed by atoms with E-state index in [2.05, 4.69) is 10.3 Å².